The monoisotopic (exact) mass is 305 g/mol. The van der Waals surface area contributed by atoms with Gasteiger partial charge in [-0.1, -0.05) is 30.3 Å². The summed E-state index contributed by atoms with van der Waals surface area (Å²) in [6.45, 7) is 4.83. The summed E-state index contributed by atoms with van der Waals surface area (Å²) in [7, 11) is 0. The molecule has 0 unspecified atom stereocenters. The minimum absolute atomic E-state index is 0.820. The topological polar surface area (TPSA) is 57.7 Å². The summed E-state index contributed by atoms with van der Waals surface area (Å²) in [4.78, 5) is 19.3. The lowest BCUT2D eigenvalue weighted by molar-refractivity contribution is 0.240. The number of fused-ring (bicyclic) bond motifs is 1. The first-order valence-electron chi connectivity index (χ1n) is 7.91. The van der Waals surface area contributed by atoms with Crippen molar-refractivity contribution in [2.24, 2.45) is 0 Å². The molecule has 1 N–H and O–H groups in total. The van der Waals surface area contributed by atoms with Crippen LogP contribution >= 0.6 is 0 Å². The van der Waals surface area contributed by atoms with Crippen LogP contribution in [0.25, 0.3) is 11.4 Å². The first-order chi connectivity index (χ1) is 11.3. The number of nitrogens with one attached hydrogen (secondary N) is 1. The maximum absolute atomic E-state index is 4.77. The molecule has 0 aliphatic carbocycles. The molecule has 4 rings (SSSR count). The summed E-state index contributed by atoms with van der Waals surface area (Å²) in [5.41, 5.74) is 5.74. The highest BCUT2D eigenvalue weighted by atomic mass is 15.1. The van der Waals surface area contributed by atoms with E-state index in [1.165, 1.54) is 11.3 Å². The Balaban J connectivity index is 1.53. The third-order valence-corrected chi connectivity index (χ3v) is 4.35. The van der Waals surface area contributed by atoms with Gasteiger partial charge in [0.15, 0.2) is 5.82 Å². The highest BCUT2D eigenvalue weighted by Crippen LogP contribution is 2.22. The number of H-pyrrole nitrogens is 1. The fourth-order valence-electron chi connectivity index (χ4n) is 2.99. The molecule has 3 heterocycles. The normalized spacial score (nSPS) is 14.7. The van der Waals surface area contributed by atoms with E-state index < -0.39 is 0 Å². The van der Waals surface area contributed by atoms with Gasteiger partial charge in [0.1, 0.15) is 0 Å². The molecule has 2 aromatic heterocycles. The molecule has 5 nitrogen and oxygen atoms in total. The summed E-state index contributed by atoms with van der Waals surface area (Å²) < 4.78 is 0. The molecule has 1 aliphatic rings. The Morgan fingerprint density at radius 2 is 2.04 bits per heavy atom. The minimum atomic E-state index is 0.820. The zero-order chi connectivity index (χ0) is 15.6. The largest absolute Gasteiger partial charge is 0.348 e. The Labute approximate surface area is 135 Å². The lowest BCUT2D eigenvalue weighted by Gasteiger charge is -2.27. The standard InChI is InChI=1S/C18H19N5/c1-13-17(21-12-20-13)11-23-8-7-16-15(10-23)9-19-18(22-16)14-5-3-2-4-6-14/h2-6,9,12H,7-8,10-11H2,1H3,(H,20,21). The molecule has 3 aromatic rings. The third kappa shape index (κ3) is 2.87. The van der Waals surface area contributed by atoms with Crippen LogP contribution in [-0.2, 0) is 19.5 Å². The molecule has 5 heteroatoms. The van der Waals surface area contributed by atoms with Crippen LogP contribution in [-0.4, -0.2) is 31.4 Å². The van der Waals surface area contributed by atoms with Gasteiger partial charge in [0.05, 0.1) is 17.7 Å². The number of imidazole rings is 1. The van der Waals surface area contributed by atoms with Gasteiger partial charge in [-0.25, -0.2) is 15.0 Å². The van der Waals surface area contributed by atoms with E-state index in [0.717, 1.165) is 48.8 Å². The lowest BCUT2D eigenvalue weighted by atomic mass is 10.1. The third-order valence-electron chi connectivity index (χ3n) is 4.35. The van der Waals surface area contributed by atoms with Crippen LogP contribution in [0.4, 0.5) is 0 Å². The molecular weight excluding hydrogens is 286 g/mol. The van der Waals surface area contributed by atoms with Gasteiger partial charge in [0.2, 0.25) is 0 Å². The molecule has 0 amide bonds. The van der Waals surface area contributed by atoms with Crippen molar-refractivity contribution in [3.8, 4) is 11.4 Å². The van der Waals surface area contributed by atoms with Gasteiger partial charge in [0, 0.05) is 49.1 Å². The molecule has 0 saturated carbocycles. The fourth-order valence-corrected chi connectivity index (χ4v) is 2.99. The van der Waals surface area contributed by atoms with Gasteiger partial charge in [-0.05, 0) is 6.92 Å². The van der Waals surface area contributed by atoms with Crippen LogP contribution in [0.5, 0.6) is 0 Å². The SMILES string of the molecule is Cc1[nH]cnc1CN1CCc2nc(-c3ccccc3)ncc2C1. The molecule has 0 spiro atoms. The summed E-state index contributed by atoms with van der Waals surface area (Å²) in [6.07, 6.45) is 4.70. The number of rotatable bonds is 3. The maximum Gasteiger partial charge on any atom is 0.159 e. The predicted molar refractivity (Wildman–Crippen MR) is 88.6 cm³/mol. The van der Waals surface area contributed by atoms with Gasteiger partial charge in [-0.2, -0.15) is 0 Å². The first kappa shape index (κ1) is 14.1. The first-order valence-corrected chi connectivity index (χ1v) is 7.91. The number of hydrogen-bond donors (Lipinski definition) is 1. The summed E-state index contributed by atoms with van der Waals surface area (Å²) >= 11 is 0. The number of hydrogen-bond acceptors (Lipinski definition) is 4. The predicted octanol–water partition coefficient (Wildman–Crippen LogP) is 2.73. The van der Waals surface area contributed by atoms with Crippen molar-refractivity contribution < 1.29 is 0 Å². The van der Waals surface area contributed by atoms with Crippen molar-refractivity contribution in [2.75, 3.05) is 6.54 Å². The van der Waals surface area contributed by atoms with Gasteiger partial charge >= 0.3 is 0 Å². The van der Waals surface area contributed by atoms with E-state index in [1.807, 2.05) is 24.4 Å². The molecule has 0 fully saturated rings. The molecule has 0 atom stereocenters. The fraction of sp³-hybridized carbons (Fsp3) is 0.278. The molecule has 1 aliphatic heterocycles. The highest BCUT2D eigenvalue weighted by molar-refractivity contribution is 5.54. The van der Waals surface area contributed by atoms with Crippen LogP contribution in [0.2, 0.25) is 0 Å². The number of nitrogens with zero attached hydrogens (tertiary/aromatic N) is 4. The van der Waals surface area contributed by atoms with E-state index in [2.05, 4.69) is 38.9 Å². The second-order valence-electron chi connectivity index (χ2n) is 5.97. The Morgan fingerprint density at radius 1 is 1.17 bits per heavy atom. The van der Waals surface area contributed by atoms with E-state index in [-0.39, 0.29) is 0 Å². The number of aromatic nitrogens is 4. The van der Waals surface area contributed by atoms with Crippen LogP contribution < -0.4 is 0 Å². The quantitative estimate of drug-likeness (QED) is 0.808. The smallest absolute Gasteiger partial charge is 0.159 e. The van der Waals surface area contributed by atoms with E-state index >= 15 is 0 Å². The van der Waals surface area contributed by atoms with E-state index in [4.69, 9.17) is 4.98 Å². The van der Waals surface area contributed by atoms with Gasteiger partial charge in [0.25, 0.3) is 0 Å². The lowest BCUT2D eigenvalue weighted by Crippen LogP contribution is -2.31. The molecular formula is C18H19N5. The zero-order valence-corrected chi connectivity index (χ0v) is 13.2. The second-order valence-corrected chi connectivity index (χ2v) is 5.97. The van der Waals surface area contributed by atoms with Crippen LogP contribution in [0.1, 0.15) is 22.6 Å². The minimum Gasteiger partial charge on any atom is -0.348 e. The van der Waals surface area contributed by atoms with E-state index in [1.54, 1.807) is 6.33 Å². The molecule has 116 valence electrons. The van der Waals surface area contributed by atoms with Crippen molar-refractivity contribution in [1.29, 1.82) is 0 Å². The van der Waals surface area contributed by atoms with Crippen molar-refractivity contribution in [1.82, 2.24) is 24.8 Å². The highest BCUT2D eigenvalue weighted by Gasteiger charge is 2.20. The average Bonchev–Trinajstić information content (AvgIpc) is 3.00. The van der Waals surface area contributed by atoms with Gasteiger partial charge < -0.3 is 4.98 Å². The average molecular weight is 305 g/mol. The Morgan fingerprint density at radius 3 is 2.83 bits per heavy atom. The summed E-state index contributed by atoms with van der Waals surface area (Å²) in [5, 5.41) is 0. The van der Waals surface area contributed by atoms with Crippen LogP contribution in [0.15, 0.2) is 42.9 Å². The Bertz CT molecular complexity index is 809. The molecule has 1 aromatic carbocycles. The Hall–Kier alpha value is -2.53. The van der Waals surface area contributed by atoms with Crippen molar-refractivity contribution in [3.63, 3.8) is 0 Å². The van der Waals surface area contributed by atoms with E-state index in [9.17, 15) is 0 Å². The summed E-state index contributed by atoms with van der Waals surface area (Å²) in [6, 6.07) is 10.2. The maximum atomic E-state index is 4.77. The second kappa shape index (κ2) is 5.93. The Kier molecular flexibility index (Phi) is 3.63. The van der Waals surface area contributed by atoms with Gasteiger partial charge in [-0.3, -0.25) is 4.90 Å². The molecule has 0 radical (unpaired) electrons. The summed E-state index contributed by atoms with van der Waals surface area (Å²) in [5.74, 6) is 0.820. The number of aryl methyl sites for hydroxylation is 1. The van der Waals surface area contributed by atoms with Crippen molar-refractivity contribution >= 4 is 0 Å². The molecule has 0 saturated heterocycles. The molecule has 0 bridgehead atoms. The van der Waals surface area contributed by atoms with Gasteiger partial charge in [-0.15, -0.1) is 0 Å². The zero-order valence-electron chi connectivity index (χ0n) is 13.2. The van der Waals surface area contributed by atoms with Crippen molar-refractivity contribution in [2.45, 2.75) is 26.4 Å². The molecule has 23 heavy (non-hydrogen) atoms. The van der Waals surface area contributed by atoms with Crippen LogP contribution in [0, 0.1) is 6.92 Å². The number of benzene rings is 1. The van der Waals surface area contributed by atoms with E-state index in [0.29, 0.717) is 0 Å². The van der Waals surface area contributed by atoms with Crippen LogP contribution in [0.3, 0.4) is 0 Å². The number of aromatic amines is 1. The van der Waals surface area contributed by atoms with Crippen molar-refractivity contribution in [3.05, 3.63) is 65.5 Å².